The Morgan fingerprint density at radius 1 is 1.44 bits per heavy atom. The van der Waals surface area contributed by atoms with E-state index >= 15 is 0 Å². The minimum absolute atomic E-state index is 0.0825. The average molecular weight is 249 g/mol. The van der Waals surface area contributed by atoms with Gasteiger partial charge in [0, 0.05) is 25.8 Å². The third kappa shape index (κ3) is 2.75. The maximum absolute atomic E-state index is 10.9. The second-order valence-electron chi connectivity index (χ2n) is 5.10. The SMILES string of the molecule is CN(C)c1cccc(OC2(CC(=O)O)CCC2)c1. The van der Waals surface area contributed by atoms with Crippen LogP contribution in [0.5, 0.6) is 5.75 Å². The van der Waals surface area contributed by atoms with Crippen LogP contribution in [0.4, 0.5) is 5.69 Å². The van der Waals surface area contributed by atoms with Crippen molar-refractivity contribution in [3.05, 3.63) is 24.3 Å². The lowest BCUT2D eigenvalue weighted by atomic mass is 9.77. The molecule has 0 bridgehead atoms. The number of benzene rings is 1. The van der Waals surface area contributed by atoms with Crippen LogP contribution in [-0.2, 0) is 4.79 Å². The lowest BCUT2D eigenvalue weighted by Gasteiger charge is -2.40. The van der Waals surface area contributed by atoms with Crippen LogP contribution >= 0.6 is 0 Å². The molecule has 1 saturated carbocycles. The zero-order chi connectivity index (χ0) is 13.2. The molecule has 0 aliphatic heterocycles. The number of nitrogens with zero attached hydrogens (tertiary/aromatic N) is 1. The van der Waals surface area contributed by atoms with E-state index in [-0.39, 0.29) is 6.42 Å². The highest BCUT2D eigenvalue weighted by atomic mass is 16.5. The van der Waals surface area contributed by atoms with Gasteiger partial charge in [-0.05, 0) is 31.4 Å². The molecular formula is C14H19NO3. The number of hydrogen-bond acceptors (Lipinski definition) is 3. The summed E-state index contributed by atoms with van der Waals surface area (Å²) < 4.78 is 5.93. The van der Waals surface area contributed by atoms with Crippen molar-refractivity contribution in [1.29, 1.82) is 0 Å². The Hall–Kier alpha value is -1.71. The largest absolute Gasteiger partial charge is 0.487 e. The van der Waals surface area contributed by atoms with Gasteiger partial charge < -0.3 is 14.7 Å². The van der Waals surface area contributed by atoms with E-state index in [0.717, 1.165) is 30.7 Å². The molecule has 0 heterocycles. The molecule has 4 heteroatoms. The highest BCUT2D eigenvalue weighted by molar-refractivity contribution is 5.68. The molecule has 98 valence electrons. The first kappa shape index (κ1) is 12.7. The molecule has 0 aromatic heterocycles. The number of rotatable bonds is 5. The second kappa shape index (κ2) is 4.88. The summed E-state index contributed by atoms with van der Waals surface area (Å²) in [6.07, 6.45) is 2.77. The van der Waals surface area contributed by atoms with Gasteiger partial charge >= 0.3 is 5.97 Å². The van der Waals surface area contributed by atoms with E-state index in [0.29, 0.717) is 0 Å². The fraction of sp³-hybridized carbons (Fsp3) is 0.500. The smallest absolute Gasteiger partial charge is 0.307 e. The van der Waals surface area contributed by atoms with Gasteiger partial charge in [0.25, 0.3) is 0 Å². The molecule has 0 unspecified atom stereocenters. The molecule has 1 aliphatic carbocycles. The number of hydrogen-bond donors (Lipinski definition) is 1. The maximum Gasteiger partial charge on any atom is 0.307 e. The molecule has 0 atom stereocenters. The lowest BCUT2D eigenvalue weighted by molar-refractivity contribution is -0.144. The van der Waals surface area contributed by atoms with Gasteiger partial charge in [-0.3, -0.25) is 4.79 Å². The van der Waals surface area contributed by atoms with Crippen molar-refractivity contribution in [1.82, 2.24) is 0 Å². The van der Waals surface area contributed by atoms with Gasteiger partial charge in [0.1, 0.15) is 11.4 Å². The van der Waals surface area contributed by atoms with Crippen LogP contribution in [0.15, 0.2) is 24.3 Å². The van der Waals surface area contributed by atoms with E-state index in [1.807, 2.05) is 43.3 Å². The molecule has 1 aromatic rings. The number of carbonyl (C=O) groups is 1. The number of carboxylic acids is 1. The quantitative estimate of drug-likeness (QED) is 0.871. The number of anilines is 1. The van der Waals surface area contributed by atoms with Gasteiger partial charge in [-0.1, -0.05) is 6.07 Å². The van der Waals surface area contributed by atoms with E-state index in [1.54, 1.807) is 0 Å². The van der Waals surface area contributed by atoms with Crippen molar-refractivity contribution in [3.63, 3.8) is 0 Å². The molecule has 0 amide bonds. The fourth-order valence-electron chi connectivity index (χ4n) is 2.24. The molecule has 1 aromatic carbocycles. The van der Waals surface area contributed by atoms with Gasteiger partial charge in [0.2, 0.25) is 0 Å². The minimum atomic E-state index is -0.793. The van der Waals surface area contributed by atoms with Crippen LogP contribution in [0, 0.1) is 0 Å². The highest BCUT2D eigenvalue weighted by Gasteiger charge is 2.41. The van der Waals surface area contributed by atoms with Crippen molar-refractivity contribution < 1.29 is 14.6 Å². The standard InChI is InChI=1S/C14H19NO3/c1-15(2)11-5-3-6-12(9-11)18-14(7-4-8-14)10-13(16)17/h3,5-6,9H,4,7-8,10H2,1-2H3,(H,16,17). The summed E-state index contributed by atoms with van der Waals surface area (Å²) >= 11 is 0. The third-order valence-electron chi connectivity index (χ3n) is 3.41. The Morgan fingerprint density at radius 2 is 2.17 bits per heavy atom. The normalized spacial score (nSPS) is 16.8. The molecular weight excluding hydrogens is 230 g/mol. The first-order valence-electron chi connectivity index (χ1n) is 6.19. The summed E-state index contributed by atoms with van der Waals surface area (Å²) in [6, 6.07) is 7.76. The van der Waals surface area contributed by atoms with Crippen LogP contribution in [0.1, 0.15) is 25.7 Å². The zero-order valence-electron chi connectivity index (χ0n) is 10.8. The molecule has 1 aliphatic rings. The zero-order valence-corrected chi connectivity index (χ0v) is 10.8. The van der Waals surface area contributed by atoms with Gasteiger partial charge in [-0.15, -0.1) is 0 Å². The summed E-state index contributed by atoms with van der Waals surface area (Å²) in [7, 11) is 3.94. The summed E-state index contributed by atoms with van der Waals surface area (Å²) in [5, 5.41) is 8.95. The first-order chi connectivity index (χ1) is 8.51. The van der Waals surface area contributed by atoms with Crippen LogP contribution in [0.25, 0.3) is 0 Å². The Morgan fingerprint density at radius 3 is 2.67 bits per heavy atom. The van der Waals surface area contributed by atoms with E-state index < -0.39 is 11.6 Å². The highest BCUT2D eigenvalue weighted by Crippen LogP contribution is 2.39. The predicted octanol–water partition coefficient (Wildman–Crippen LogP) is 2.53. The third-order valence-corrected chi connectivity index (χ3v) is 3.41. The Labute approximate surface area is 107 Å². The van der Waals surface area contributed by atoms with Crippen molar-refractivity contribution >= 4 is 11.7 Å². The van der Waals surface area contributed by atoms with Gasteiger partial charge in [-0.2, -0.15) is 0 Å². The van der Waals surface area contributed by atoms with Crippen LogP contribution in [-0.4, -0.2) is 30.8 Å². The summed E-state index contributed by atoms with van der Waals surface area (Å²) in [6.45, 7) is 0. The number of aliphatic carboxylic acids is 1. The molecule has 0 saturated heterocycles. The van der Waals surface area contributed by atoms with Crippen LogP contribution < -0.4 is 9.64 Å². The monoisotopic (exact) mass is 249 g/mol. The lowest BCUT2D eigenvalue weighted by Crippen LogP contribution is -2.45. The van der Waals surface area contributed by atoms with E-state index in [4.69, 9.17) is 9.84 Å². The molecule has 2 rings (SSSR count). The molecule has 1 fully saturated rings. The second-order valence-corrected chi connectivity index (χ2v) is 5.10. The predicted molar refractivity (Wildman–Crippen MR) is 70.2 cm³/mol. The van der Waals surface area contributed by atoms with Crippen molar-refractivity contribution in [2.45, 2.75) is 31.3 Å². The number of ether oxygens (including phenoxy) is 1. The summed E-state index contributed by atoms with van der Waals surface area (Å²) in [5.74, 6) is -0.0411. The minimum Gasteiger partial charge on any atom is -0.487 e. The Kier molecular flexibility index (Phi) is 3.45. The molecule has 0 spiro atoms. The Balaban J connectivity index is 2.12. The fourth-order valence-corrected chi connectivity index (χ4v) is 2.24. The molecule has 4 nitrogen and oxygen atoms in total. The van der Waals surface area contributed by atoms with E-state index in [1.165, 1.54) is 0 Å². The van der Waals surface area contributed by atoms with Crippen molar-refractivity contribution in [2.24, 2.45) is 0 Å². The van der Waals surface area contributed by atoms with Gasteiger partial charge in [-0.25, -0.2) is 0 Å². The first-order valence-corrected chi connectivity index (χ1v) is 6.19. The van der Waals surface area contributed by atoms with E-state index in [9.17, 15) is 4.79 Å². The maximum atomic E-state index is 10.9. The molecule has 18 heavy (non-hydrogen) atoms. The summed E-state index contributed by atoms with van der Waals surface area (Å²) in [4.78, 5) is 12.9. The molecule has 1 N–H and O–H groups in total. The number of carboxylic acid groups (broad SMARTS) is 1. The van der Waals surface area contributed by atoms with Crippen molar-refractivity contribution in [3.8, 4) is 5.75 Å². The van der Waals surface area contributed by atoms with Crippen LogP contribution in [0.2, 0.25) is 0 Å². The van der Waals surface area contributed by atoms with Crippen LogP contribution in [0.3, 0.4) is 0 Å². The Bertz CT molecular complexity index is 438. The van der Waals surface area contributed by atoms with Gasteiger partial charge in [0.15, 0.2) is 0 Å². The topological polar surface area (TPSA) is 49.8 Å². The average Bonchev–Trinajstić information content (AvgIpc) is 2.25. The van der Waals surface area contributed by atoms with Gasteiger partial charge in [0.05, 0.1) is 6.42 Å². The van der Waals surface area contributed by atoms with Crippen molar-refractivity contribution in [2.75, 3.05) is 19.0 Å². The summed E-state index contributed by atoms with van der Waals surface area (Å²) in [5.41, 5.74) is 0.564. The molecule has 0 radical (unpaired) electrons. The van der Waals surface area contributed by atoms with E-state index in [2.05, 4.69) is 0 Å².